The lowest BCUT2D eigenvalue weighted by atomic mass is 9.65. The summed E-state index contributed by atoms with van der Waals surface area (Å²) in [5, 5.41) is 0. The van der Waals surface area contributed by atoms with Crippen molar-refractivity contribution in [3.63, 3.8) is 0 Å². The van der Waals surface area contributed by atoms with E-state index < -0.39 is 0 Å². The molecule has 0 bridgehead atoms. The van der Waals surface area contributed by atoms with E-state index in [2.05, 4.69) is 0 Å². The van der Waals surface area contributed by atoms with Crippen LogP contribution in [0.3, 0.4) is 0 Å². The quantitative estimate of drug-likeness (QED) is 0.693. The molecule has 2 rings (SSSR count). The maximum absolute atomic E-state index is 13.0. The van der Waals surface area contributed by atoms with Crippen LogP contribution in [0.5, 0.6) is 0 Å². The van der Waals surface area contributed by atoms with Gasteiger partial charge in [0.1, 0.15) is 0 Å². The topological polar surface area (TPSA) is 17.1 Å². The average molecular weight is 206 g/mol. The minimum absolute atomic E-state index is 0.0597. The highest BCUT2D eigenvalue weighted by molar-refractivity contribution is 5.94. The first-order valence-corrected chi connectivity index (χ1v) is 5.35. The van der Waals surface area contributed by atoms with Gasteiger partial charge in [0.05, 0.1) is 6.67 Å². The fourth-order valence-electron chi connectivity index (χ4n) is 2.16. The van der Waals surface area contributed by atoms with Gasteiger partial charge in [-0.15, -0.1) is 0 Å². The fraction of sp³-hybridized carbons (Fsp3) is 0.462. The zero-order chi connectivity index (χ0) is 10.9. The van der Waals surface area contributed by atoms with E-state index in [9.17, 15) is 9.18 Å². The van der Waals surface area contributed by atoms with Gasteiger partial charge in [-0.25, -0.2) is 0 Å². The van der Waals surface area contributed by atoms with Crippen LogP contribution in [0.2, 0.25) is 0 Å². The summed E-state index contributed by atoms with van der Waals surface area (Å²) in [6, 6.07) is 7.39. The normalized spacial score (nSPS) is 18.3. The molecule has 1 nitrogen and oxygen atoms in total. The predicted molar refractivity (Wildman–Crippen MR) is 58.0 cm³/mol. The minimum atomic E-state index is -0.285. The van der Waals surface area contributed by atoms with Gasteiger partial charge >= 0.3 is 0 Å². The number of rotatable bonds is 3. The van der Waals surface area contributed by atoms with Gasteiger partial charge in [0.2, 0.25) is 0 Å². The van der Waals surface area contributed by atoms with E-state index in [1.54, 1.807) is 19.1 Å². The minimum Gasteiger partial charge on any atom is -0.295 e. The van der Waals surface area contributed by atoms with E-state index in [0.717, 1.165) is 24.8 Å². The molecule has 0 atom stereocenters. The molecule has 0 heterocycles. The standard InChI is InChI=1S/C13H15FO/c1-10(15)11-3-5-12(6-4-11)13(9-14)7-2-8-13/h3-6H,2,7-9H2,1H3. The van der Waals surface area contributed by atoms with Crippen molar-refractivity contribution >= 4 is 5.78 Å². The average Bonchev–Trinajstić information content (AvgIpc) is 2.18. The molecule has 1 aliphatic carbocycles. The van der Waals surface area contributed by atoms with E-state index in [1.807, 2.05) is 12.1 Å². The van der Waals surface area contributed by atoms with E-state index in [-0.39, 0.29) is 17.9 Å². The lowest BCUT2D eigenvalue weighted by molar-refractivity contribution is 0.101. The number of hydrogen-bond donors (Lipinski definition) is 0. The molecule has 1 aromatic rings. The van der Waals surface area contributed by atoms with Gasteiger partial charge in [-0.3, -0.25) is 9.18 Å². The lowest BCUT2D eigenvalue weighted by Crippen LogP contribution is -2.36. The smallest absolute Gasteiger partial charge is 0.159 e. The number of ketones is 1. The molecule has 0 N–H and O–H groups in total. The SMILES string of the molecule is CC(=O)c1ccc(C2(CF)CCC2)cc1. The van der Waals surface area contributed by atoms with Crippen LogP contribution in [0.15, 0.2) is 24.3 Å². The predicted octanol–water partition coefficient (Wildman–Crippen LogP) is 3.28. The molecule has 0 aliphatic heterocycles. The molecule has 1 saturated carbocycles. The highest BCUT2D eigenvalue weighted by atomic mass is 19.1. The van der Waals surface area contributed by atoms with Crippen molar-refractivity contribution in [1.82, 2.24) is 0 Å². The molecule has 80 valence electrons. The van der Waals surface area contributed by atoms with Gasteiger partial charge in [0.25, 0.3) is 0 Å². The molecule has 0 amide bonds. The molecule has 15 heavy (non-hydrogen) atoms. The Morgan fingerprint density at radius 2 is 1.93 bits per heavy atom. The van der Waals surface area contributed by atoms with Crippen LogP contribution in [-0.2, 0) is 5.41 Å². The van der Waals surface area contributed by atoms with Crippen LogP contribution in [0.4, 0.5) is 4.39 Å². The van der Waals surface area contributed by atoms with Crippen molar-refractivity contribution in [2.24, 2.45) is 0 Å². The first kappa shape index (κ1) is 10.3. The molecule has 0 saturated heterocycles. The number of Topliss-reactive ketones (excluding diaryl/α,β-unsaturated/α-hetero) is 1. The molecular weight excluding hydrogens is 191 g/mol. The molecule has 1 aliphatic rings. The number of carbonyl (C=O) groups excluding carboxylic acids is 1. The Hall–Kier alpha value is -1.18. The molecule has 0 unspecified atom stereocenters. The van der Waals surface area contributed by atoms with Crippen molar-refractivity contribution in [2.45, 2.75) is 31.6 Å². The second-order valence-corrected chi connectivity index (χ2v) is 4.40. The molecule has 1 fully saturated rings. The monoisotopic (exact) mass is 206 g/mol. The Balaban J connectivity index is 2.26. The summed E-state index contributed by atoms with van der Waals surface area (Å²) in [5.41, 5.74) is 1.50. The summed E-state index contributed by atoms with van der Waals surface area (Å²) < 4.78 is 13.0. The second-order valence-electron chi connectivity index (χ2n) is 4.40. The Bertz CT molecular complexity index is 357. The third kappa shape index (κ3) is 1.69. The highest BCUT2D eigenvalue weighted by Gasteiger charge is 2.38. The van der Waals surface area contributed by atoms with Crippen LogP contribution in [0.25, 0.3) is 0 Å². The third-order valence-corrected chi connectivity index (χ3v) is 3.47. The van der Waals surface area contributed by atoms with Crippen LogP contribution < -0.4 is 0 Å². The second kappa shape index (κ2) is 3.76. The van der Waals surface area contributed by atoms with Crippen LogP contribution in [0, 0.1) is 0 Å². The van der Waals surface area contributed by atoms with Gasteiger partial charge in [0.15, 0.2) is 5.78 Å². The Labute approximate surface area is 89.3 Å². The third-order valence-electron chi connectivity index (χ3n) is 3.47. The van der Waals surface area contributed by atoms with Crippen LogP contribution >= 0.6 is 0 Å². The summed E-state index contributed by atoms with van der Waals surface area (Å²) in [4.78, 5) is 11.1. The van der Waals surface area contributed by atoms with Gasteiger partial charge in [0, 0.05) is 11.0 Å². The van der Waals surface area contributed by atoms with Gasteiger partial charge in [-0.1, -0.05) is 30.7 Å². The molecule has 0 spiro atoms. The van der Waals surface area contributed by atoms with Crippen molar-refractivity contribution in [1.29, 1.82) is 0 Å². The molecule has 0 radical (unpaired) electrons. The van der Waals surface area contributed by atoms with E-state index in [0.29, 0.717) is 5.56 Å². The maximum Gasteiger partial charge on any atom is 0.159 e. The summed E-state index contributed by atoms with van der Waals surface area (Å²) >= 11 is 0. The van der Waals surface area contributed by atoms with Crippen molar-refractivity contribution in [3.05, 3.63) is 35.4 Å². The maximum atomic E-state index is 13.0. The summed E-state index contributed by atoms with van der Waals surface area (Å²) in [5.74, 6) is 0.0597. The van der Waals surface area contributed by atoms with Crippen LogP contribution in [-0.4, -0.2) is 12.5 Å². The largest absolute Gasteiger partial charge is 0.295 e. The summed E-state index contributed by atoms with van der Waals surface area (Å²) in [6.45, 7) is 1.26. The van der Waals surface area contributed by atoms with E-state index in [4.69, 9.17) is 0 Å². The Kier molecular flexibility index (Phi) is 2.59. The molecular formula is C13H15FO. The number of hydrogen-bond acceptors (Lipinski definition) is 1. The first-order chi connectivity index (χ1) is 7.18. The van der Waals surface area contributed by atoms with E-state index >= 15 is 0 Å². The van der Waals surface area contributed by atoms with Crippen LogP contribution in [0.1, 0.15) is 42.1 Å². The van der Waals surface area contributed by atoms with Gasteiger partial charge in [-0.2, -0.15) is 0 Å². The van der Waals surface area contributed by atoms with Crippen molar-refractivity contribution in [2.75, 3.05) is 6.67 Å². The highest BCUT2D eigenvalue weighted by Crippen LogP contribution is 2.43. The molecule has 0 aromatic heterocycles. The molecule has 2 heteroatoms. The fourth-order valence-corrected chi connectivity index (χ4v) is 2.16. The van der Waals surface area contributed by atoms with Crippen molar-refractivity contribution < 1.29 is 9.18 Å². The van der Waals surface area contributed by atoms with Gasteiger partial charge < -0.3 is 0 Å². The zero-order valence-electron chi connectivity index (χ0n) is 8.92. The Morgan fingerprint density at radius 3 is 2.27 bits per heavy atom. The first-order valence-electron chi connectivity index (χ1n) is 5.35. The number of alkyl halides is 1. The zero-order valence-corrected chi connectivity index (χ0v) is 8.92. The van der Waals surface area contributed by atoms with Crippen molar-refractivity contribution in [3.8, 4) is 0 Å². The summed E-state index contributed by atoms with van der Waals surface area (Å²) in [7, 11) is 0. The van der Waals surface area contributed by atoms with E-state index in [1.165, 1.54) is 0 Å². The Morgan fingerprint density at radius 1 is 1.33 bits per heavy atom. The van der Waals surface area contributed by atoms with Gasteiger partial charge in [-0.05, 0) is 25.3 Å². The number of halogens is 1. The molecule has 1 aromatic carbocycles. The lowest BCUT2D eigenvalue weighted by Gasteiger charge is -2.40. The summed E-state index contributed by atoms with van der Waals surface area (Å²) in [6.07, 6.45) is 2.98. The number of benzene rings is 1. The number of carbonyl (C=O) groups is 1.